The third kappa shape index (κ3) is 3.54. The maximum absolute atomic E-state index is 12.4. The van der Waals surface area contributed by atoms with Crippen LogP contribution in [-0.2, 0) is 4.79 Å². The van der Waals surface area contributed by atoms with Crippen LogP contribution in [-0.4, -0.2) is 53.5 Å². The number of piperidine rings is 1. The summed E-state index contributed by atoms with van der Waals surface area (Å²) < 4.78 is 1.26. The van der Waals surface area contributed by atoms with Gasteiger partial charge in [-0.3, -0.25) is 4.79 Å². The van der Waals surface area contributed by atoms with Gasteiger partial charge in [-0.2, -0.15) is 11.8 Å². The van der Waals surface area contributed by atoms with Crippen LogP contribution in [0.1, 0.15) is 19.3 Å². The molecule has 2 fully saturated rings. The van der Waals surface area contributed by atoms with Crippen molar-refractivity contribution < 1.29 is 4.79 Å². The maximum atomic E-state index is 12.4. The minimum Gasteiger partial charge on any atom is -0.348 e. The molecule has 6 heteroatoms. The van der Waals surface area contributed by atoms with Crippen molar-refractivity contribution in [1.82, 2.24) is 9.88 Å². The van der Waals surface area contributed by atoms with E-state index in [9.17, 15) is 4.79 Å². The van der Waals surface area contributed by atoms with Crippen molar-refractivity contribution >= 4 is 44.4 Å². The number of fused-ring (bicyclic) bond motifs is 1. The molecule has 1 aromatic carbocycles. The van der Waals surface area contributed by atoms with E-state index < -0.39 is 0 Å². The average molecular weight is 362 g/mol. The predicted molar refractivity (Wildman–Crippen MR) is 103 cm³/mol. The Bertz CT molecular complexity index is 670. The highest BCUT2D eigenvalue weighted by Crippen LogP contribution is 2.32. The summed E-state index contributed by atoms with van der Waals surface area (Å²) in [6.45, 7) is 3.92. The van der Waals surface area contributed by atoms with Crippen LogP contribution in [0.3, 0.4) is 0 Å². The van der Waals surface area contributed by atoms with Crippen molar-refractivity contribution in [3.05, 3.63) is 24.3 Å². The Morgan fingerprint density at radius 1 is 1.12 bits per heavy atom. The molecule has 1 aromatic heterocycles. The van der Waals surface area contributed by atoms with Gasteiger partial charge in [-0.25, -0.2) is 4.98 Å². The summed E-state index contributed by atoms with van der Waals surface area (Å²) in [5.74, 6) is 3.11. The smallest absolute Gasteiger partial charge is 0.222 e. The highest BCUT2D eigenvalue weighted by molar-refractivity contribution is 7.99. The predicted octanol–water partition coefficient (Wildman–Crippen LogP) is 3.48. The molecule has 1 amide bonds. The maximum Gasteiger partial charge on any atom is 0.222 e. The van der Waals surface area contributed by atoms with Crippen LogP contribution >= 0.6 is 23.1 Å². The molecule has 0 unspecified atom stereocenters. The van der Waals surface area contributed by atoms with Crippen LogP contribution < -0.4 is 4.90 Å². The monoisotopic (exact) mass is 361 g/mol. The van der Waals surface area contributed by atoms with Gasteiger partial charge in [0, 0.05) is 44.1 Å². The molecule has 0 atom stereocenters. The van der Waals surface area contributed by atoms with Gasteiger partial charge < -0.3 is 9.80 Å². The Morgan fingerprint density at radius 2 is 1.88 bits per heavy atom. The molecule has 4 rings (SSSR count). The van der Waals surface area contributed by atoms with E-state index in [1.165, 1.54) is 4.70 Å². The Hall–Kier alpha value is -1.27. The Balaban J connectivity index is 1.32. The first kappa shape index (κ1) is 16.2. The van der Waals surface area contributed by atoms with Gasteiger partial charge in [-0.1, -0.05) is 23.5 Å². The quantitative estimate of drug-likeness (QED) is 0.839. The normalized spacial score (nSPS) is 19.8. The van der Waals surface area contributed by atoms with Crippen LogP contribution in [0, 0.1) is 5.92 Å². The van der Waals surface area contributed by atoms with Gasteiger partial charge in [0.2, 0.25) is 5.91 Å². The molecular weight excluding hydrogens is 338 g/mol. The second kappa shape index (κ2) is 7.31. The van der Waals surface area contributed by atoms with E-state index >= 15 is 0 Å². The second-order valence-corrected chi connectivity index (χ2v) is 8.83. The van der Waals surface area contributed by atoms with Gasteiger partial charge in [0.15, 0.2) is 5.13 Å². The summed E-state index contributed by atoms with van der Waals surface area (Å²) in [5.41, 5.74) is 1.10. The standard InChI is InChI=1S/C18H23N3OS2/c22-17(20-9-11-23-12-10-20)13-14-5-7-21(8-6-14)18-19-15-3-1-2-4-16(15)24-18/h1-4,14H,5-13H2. The lowest BCUT2D eigenvalue weighted by molar-refractivity contribution is -0.132. The first-order chi connectivity index (χ1) is 11.8. The number of hydrogen-bond acceptors (Lipinski definition) is 5. The van der Waals surface area contributed by atoms with Gasteiger partial charge in [-0.05, 0) is 30.9 Å². The molecule has 0 spiro atoms. The molecule has 128 valence electrons. The molecule has 2 saturated heterocycles. The van der Waals surface area contributed by atoms with Gasteiger partial charge >= 0.3 is 0 Å². The Labute approximate surface area is 151 Å². The number of thioether (sulfide) groups is 1. The minimum absolute atomic E-state index is 0.369. The molecule has 4 nitrogen and oxygen atoms in total. The zero-order valence-corrected chi connectivity index (χ0v) is 15.5. The number of anilines is 1. The molecule has 2 aromatic rings. The van der Waals surface area contributed by atoms with Gasteiger partial charge in [-0.15, -0.1) is 0 Å². The molecule has 2 aliphatic rings. The van der Waals surface area contributed by atoms with Gasteiger partial charge in [0.25, 0.3) is 0 Å². The third-order valence-corrected chi connectivity index (χ3v) is 7.03. The summed E-state index contributed by atoms with van der Waals surface area (Å²) in [7, 11) is 0. The SMILES string of the molecule is O=C(CC1CCN(c2nc3ccccc3s2)CC1)N1CCSCC1. The van der Waals surface area contributed by atoms with E-state index in [2.05, 4.69) is 28.0 Å². The first-order valence-corrected chi connectivity index (χ1v) is 10.7. The Kier molecular flexibility index (Phi) is 4.94. The van der Waals surface area contributed by atoms with Crippen molar-refractivity contribution in [3.63, 3.8) is 0 Å². The molecule has 2 aliphatic heterocycles. The van der Waals surface area contributed by atoms with Crippen molar-refractivity contribution in [2.75, 3.05) is 42.6 Å². The van der Waals surface area contributed by atoms with E-state index in [1.54, 1.807) is 11.3 Å². The number of para-hydroxylation sites is 1. The highest BCUT2D eigenvalue weighted by atomic mass is 32.2. The fraction of sp³-hybridized carbons (Fsp3) is 0.556. The van der Waals surface area contributed by atoms with E-state index in [0.717, 1.165) is 67.6 Å². The molecule has 0 radical (unpaired) electrons. The number of rotatable bonds is 3. The van der Waals surface area contributed by atoms with Crippen molar-refractivity contribution in [1.29, 1.82) is 0 Å². The molecule has 0 N–H and O–H groups in total. The highest BCUT2D eigenvalue weighted by Gasteiger charge is 2.25. The van der Waals surface area contributed by atoms with E-state index in [0.29, 0.717) is 11.8 Å². The summed E-state index contributed by atoms with van der Waals surface area (Å²) in [6, 6.07) is 8.33. The summed E-state index contributed by atoms with van der Waals surface area (Å²) >= 11 is 3.73. The number of carbonyl (C=O) groups is 1. The van der Waals surface area contributed by atoms with Crippen LogP contribution in [0.5, 0.6) is 0 Å². The zero-order valence-electron chi connectivity index (χ0n) is 13.8. The van der Waals surface area contributed by atoms with E-state index in [1.807, 2.05) is 17.8 Å². The van der Waals surface area contributed by atoms with Crippen LogP contribution in [0.2, 0.25) is 0 Å². The first-order valence-electron chi connectivity index (χ1n) is 8.75. The van der Waals surface area contributed by atoms with Crippen LogP contribution in [0.15, 0.2) is 24.3 Å². The largest absolute Gasteiger partial charge is 0.348 e. The fourth-order valence-electron chi connectivity index (χ4n) is 3.51. The number of thiazole rings is 1. The summed E-state index contributed by atoms with van der Waals surface area (Å²) in [4.78, 5) is 21.6. The number of carbonyl (C=O) groups excluding carboxylic acids is 1. The van der Waals surface area contributed by atoms with Crippen molar-refractivity contribution in [2.45, 2.75) is 19.3 Å². The molecule has 0 saturated carbocycles. The average Bonchev–Trinajstić information content (AvgIpc) is 3.07. The minimum atomic E-state index is 0.369. The summed E-state index contributed by atoms with van der Waals surface area (Å²) in [5, 5.41) is 1.13. The number of benzene rings is 1. The third-order valence-electron chi connectivity index (χ3n) is 4.99. The van der Waals surface area contributed by atoms with Gasteiger partial charge in [0.05, 0.1) is 10.2 Å². The van der Waals surface area contributed by atoms with Gasteiger partial charge in [0.1, 0.15) is 0 Å². The lowest BCUT2D eigenvalue weighted by Gasteiger charge is -2.33. The van der Waals surface area contributed by atoms with Crippen LogP contribution in [0.25, 0.3) is 10.2 Å². The zero-order chi connectivity index (χ0) is 16.4. The van der Waals surface area contributed by atoms with E-state index in [4.69, 9.17) is 4.98 Å². The molecule has 0 aliphatic carbocycles. The molecule has 3 heterocycles. The van der Waals surface area contributed by atoms with E-state index in [-0.39, 0.29) is 0 Å². The molecular formula is C18H23N3OS2. The lowest BCUT2D eigenvalue weighted by atomic mass is 9.93. The summed E-state index contributed by atoms with van der Waals surface area (Å²) in [6.07, 6.45) is 2.94. The number of hydrogen-bond donors (Lipinski definition) is 0. The van der Waals surface area contributed by atoms with Crippen molar-refractivity contribution in [3.8, 4) is 0 Å². The van der Waals surface area contributed by atoms with Crippen molar-refractivity contribution in [2.24, 2.45) is 5.92 Å². The molecule has 0 bridgehead atoms. The molecule has 24 heavy (non-hydrogen) atoms. The lowest BCUT2D eigenvalue weighted by Crippen LogP contribution is -2.40. The van der Waals surface area contributed by atoms with Crippen LogP contribution in [0.4, 0.5) is 5.13 Å². The second-order valence-electron chi connectivity index (χ2n) is 6.59. The fourth-order valence-corrected chi connectivity index (χ4v) is 5.43. The Morgan fingerprint density at radius 3 is 2.62 bits per heavy atom. The number of aromatic nitrogens is 1. The number of amides is 1. The topological polar surface area (TPSA) is 36.4 Å². The number of nitrogens with zero attached hydrogens (tertiary/aromatic N) is 3.